The van der Waals surface area contributed by atoms with Gasteiger partial charge in [-0.25, -0.2) is 0 Å². The quantitative estimate of drug-likeness (QED) is 0.736. The van der Waals surface area contributed by atoms with Crippen molar-refractivity contribution in [2.45, 2.75) is 37.6 Å². The van der Waals surface area contributed by atoms with Crippen molar-refractivity contribution >= 4 is 5.69 Å². The van der Waals surface area contributed by atoms with Crippen LogP contribution >= 0.6 is 0 Å². The van der Waals surface area contributed by atoms with Crippen molar-refractivity contribution in [2.75, 3.05) is 18.5 Å². The largest absolute Gasteiger partial charge is 0.493 e. The van der Waals surface area contributed by atoms with E-state index in [-0.39, 0.29) is 18.1 Å². The monoisotopic (exact) mass is 375 g/mol. The lowest BCUT2D eigenvalue weighted by Gasteiger charge is -2.43. The van der Waals surface area contributed by atoms with Crippen molar-refractivity contribution in [1.29, 1.82) is 0 Å². The van der Waals surface area contributed by atoms with Gasteiger partial charge in [0.15, 0.2) is 0 Å². The summed E-state index contributed by atoms with van der Waals surface area (Å²) < 4.78 is 51.1. The molecule has 1 unspecified atom stereocenters. The smallest absolute Gasteiger partial charge is 0.416 e. The first-order chi connectivity index (χ1) is 13.0. The fourth-order valence-electron chi connectivity index (χ4n) is 4.58. The zero-order valence-corrected chi connectivity index (χ0v) is 14.7. The molecule has 0 radical (unpaired) electrons. The summed E-state index contributed by atoms with van der Waals surface area (Å²) in [5.74, 6) is 1.04. The van der Waals surface area contributed by atoms with E-state index < -0.39 is 11.7 Å². The van der Waals surface area contributed by atoms with Crippen LogP contribution in [0.3, 0.4) is 0 Å². The second-order valence-electron chi connectivity index (χ2n) is 7.48. The van der Waals surface area contributed by atoms with Crippen molar-refractivity contribution in [2.24, 2.45) is 5.92 Å². The molecule has 27 heavy (non-hydrogen) atoms. The van der Waals surface area contributed by atoms with Crippen LogP contribution in [0.4, 0.5) is 18.9 Å². The first kappa shape index (κ1) is 16.9. The first-order valence-corrected chi connectivity index (χ1v) is 9.35. The van der Waals surface area contributed by atoms with Crippen molar-refractivity contribution in [3.05, 3.63) is 58.7 Å². The normalized spacial score (nSPS) is 26.4. The second kappa shape index (κ2) is 6.16. The number of fused-ring (bicyclic) bond motifs is 4. The number of benzene rings is 2. The van der Waals surface area contributed by atoms with E-state index in [9.17, 15) is 13.2 Å². The highest BCUT2D eigenvalue weighted by Crippen LogP contribution is 2.50. The molecule has 3 heterocycles. The van der Waals surface area contributed by atoms with E-state index in [0.29, 0.717) is 18.8 Å². The van der Waals surface area contributed by atoms with Crippen LogP contribution in [-0.2, 0) is 17.3 Å². The summed E-state index contributed by atoms with van der Waals surface area (Å²) in [5, 5.41) is 3.49. The average molecular weight is 375 g/mol. The molecule has 142 valence electrons. The molecule has 0 spiro atoms. The predicted octanol–water partition coefficient (Wildman–Crippen LogP) is 5.27. The minimum Gasteiger partial charge on any atom is -0.493 e. The Kier molecular flexibility index (Phi) is 3.86. The maximum absolute atomic E-state index is 13.2. The summed E-state index contributed by atoms with van der Waals surface area (Å²) >= 11 is 0. The van der Waals surface area contributed by atoms with E-state index in [1.54, 1.807) is 0 Å². The van der Waals surface area contributed by atoms with Gasteiger partial charge < -0.3 is 14.8 Å². The van der Waals surface area contributed by atoms with Gasteiger partial charge in [-0.15, -0.1) is 0 Å². The van der Waals surface area contributed by atoms with Crippen molar-refractivity contribution in [3.8, 4) is 5.75 Å². The molecule has 6 heteroatoms. The maximum atomic E-state index is 13.2. The highest BCUT2D eigenvalue weighted by molar-refractivity contribution is 5.59. The van der Waals surface area contributed by atoms with Gasteiger partial charge in [0.05, 0.1) is 24.3 Å². The maximum Gasteiger partial charge on any atom is 0.416 e. The van der Waals surface area contributed by atoms with Gasteiger partial charge in [-0.1, -0.05) is 6.07 Å². The molecule has 5 rings (SSSR count). The number of ether oxygens (including phenoxy) is 2. The third-order valence-electron chi connectivity index (χ3n) is 5.87. The molecule has 2 aromatic carbocycles. The van der Waals surface area contributed by atoms with Gasteiger partial charge in [0.25, 0.3) is 0 Å². The van der Waals surface area contributed by atoms with Crippen LogP contribution in [-0.4, -0.2) is 13.2 Å². The van der Waals surface area contributed by atoms with Crippen LogP contribution in [0.5, 0.6) is 5.75 Å². The Hall–Kier alpha value is -2.21. The SMILES string of the molecule is FC(F)(F)c1ccc2c(c1)[C@H]1OCCC[C@H]1C(c1ccc3c(c1)CCO3)N2. The molecule has 1 saturated heterocycles. The van der Waals surface area contributed by atoms with Crippen LogP contribution in [0.1, 0.15) is 47.2 Å². The van der Waals surface area contributed by atoms with Crippen LogP contribution in [0, 0.1) is 5.92 Å². The van der Waals surface area contributed by atoms with Crippen LogP contribution in [0.25, 0.3) is 0 Å². The Morgan fingerprint density at radius 1 is 1.04 bits per heavy atom. The van der Waals surface area contributed by atoms with E-state index >= 15 is 0 Å². The average Bonchev–Trinajstić information content (AvgIpc) is 3.14. The van der Waals surface area contributed by atoms with E-state index in [1.165, 1.54) is 17.7 Å². The molecule has 3 atom stereocenters. The van der Waals surface area contributed by atoms with Crippen molar-refractivity contribution in [1.82, 2.24) is 0 Å². The summed E-state index contributed by atoms with van der Waals surface area (Å²) in [6.45, 7) is 1.29. The van der Waals surface area contributed by atoms with E-state index in [2.05, 4.69) is 17.4 Å². The first-order valence-electron chi connectivity index (χ1n) is 9.35. The molecule has 3 aliphatic rings. The van der Waals surface area contributed by atoms with Crippen molar-refractivity contribution < 1.29 is 22.6 Å². The number of anilines is 1. The molecule has 0 aromatic heterocycles. The second-order valence-corrected chi connectivity index (χ2v) is 7.48. The van der Waals surface area contributed by atoms with Crippen LogP contribution in [0.2, 0.25) is 0 Å². The lowest BCUT2D eigenvalue weighted by Crippen LogP contribution is -2.36. The van der Waals surface area contributed by atoms with E-state index in [4.69, 9.17) is 9.47 Å². The van der Waals surface area contributed by atoms with Gasteiger partial charge in [-0.2, -0.15) is 13.2 Å². The highest BCUT2D eigenvalue weighted by Gasteiger charge is 2.41. The Labute approximate surface area is 155 Å². The molecular weight excluding hydrogens is 355 g/mol. The highest BCUT2D eigenvalue weighted by atomic mass is 19.4. The molecule has 0 bridgehead atoms. The lowest BCUT2D eigenvalue weighted by atomic mass is 9.77. The fourth-order valence-corrected chi connectivity index (χ4v) is 4.58. The van der Waals surface area contributed by atoms with Crippen LogP contribution in [0.15, 0.2) is 36.4 Å². The molecule has 3 aliphatic heterocycles. The molecule has 3 nitrogen and oxygen atoms in total. The number of alkyl halides is 3. The molecule has 0 amide bonds. The predicted molar refractivity (Wildman–Crippen MR) is 94.9 cm³/mol. The zero-order chi connectivity index (χ0) is 18.6. The topological polar surface area (TPSA) is 30.5 Å². The molecule has 1 N–H and O–H groups in total. The van der Waals surface area contributed by atoms with Gasteiger partial charge in [0.2, 0.25) is 0 Å². The summed E-state index contributed by atoms with van der Waals surface area (Å²) in [4.78, 5) is 0. The standard InChI is InChI=1S/C21H20F3NO2/c22-21(23,24)14-4-5-17-16(11-14)20-15(2-1-8-27-20)19(25-17)13-3-6-18-12(10-13)7-9-26-18/h3-6,10-11,15,19-20,25H,1-2,7-9H2/t15-,19?,20-/m0/s1. The van der Waals surface area contributed by atoms with Gasteiger partial charge in [-0.05, 0) is 54.3 Å². The minimum absolute atomic E-state index is 0.0189. The molecular formula is C21H20F3NO2. The van der Waals surface area contributed by atoms with Gasteiger partial charge in [-0.3, -0.25) is 0 Å². The number of rotatable bonds is 1. The van der Waals surface area contributed by atoms with Crippen LogP contribution < -0.4 is 10.1 Å². The number of nitrogens with one attached hydrogen (secondary N) is 1. The fraction of sp³-hybridized carbons (Fsp3) is 0.429. The third-order valence-corrected chi connectivity index (χ3v) is 5.87. The molecule has 0 aliphatic carbocycles. The van der Waals surface area contributed by atoms with Gasteiger partial charge in [0, 0.05) is 30.2 Å². The number of hydrogen-bond acceptors (Lipinski definition) is 3. The summed E-state index contributed by atoms with van der Waals surface area (Å²) in [5.41, 5.74) is 3.07. The van der Waals surface area contributed by atoms with Gasteiger partial charge in [0.1, 0.15) is 5.75 Å². The minimum atomic E-state index is -4.35. The third kappa shape index (κ3) is 2.87. The Morgan fingerprint density at radius 3 is 2.78 bits per heavy atom. The van der Waals surface area contributed by atoms with E-state index in [0.717, 1.165) is 42.3 Å². The molecule has 0 saturated carbocycles. The Morgan fingerprint density at radius 2 is 1.93 bits per heavy atom. The molecule has 1 fully saturated rings. The number of hydrogen-bond donors (Lipinski definition) is 1. The van der Waals surface area contributed by atoms with E-state index in [1.807, 2.05) is 6.07 Å². The zero-order valence-electron chi connectivity index (χ0n) is 14.7. The summed E-state index contributed by atoms with van der Waals surface area (Å²) in [7, 11) is 0. The lowest BCUT2D eigenvalue weighted by molar-refractivity contribution is -0.137. The van der Waals surface area contributed by atoms with Crippen molar-refractivity contribution in [3.63, 3.8) is 0 Å². The summed E-state index contributed by atoms with van der Waals surface area (Å²) in [6, 6.07) is 10.2. The molecule has 2 aromatic rings. The van der Waals surface area contributed by atoms with Gasteiger partial charge >= 0.3 is 6.18 Å². The Balaban J connectivity index is 1.56. The number of halogens is 3. The Bertz CT molecular complexity index is 880. The summed E-state index contributed by atoms with van der Waals surface area (Å²) in [6.07, 6.45) is -1.93.